The standard InChI is InChI=1S/C61H39NO/c1-3-15-40(16-4-1)42-27-33-45(34-28-42)62(46-35-29-43(30-36-46)41-17-5-2-6-18-41)47-37-31-44(32-38-47)58-59-50-21-9-13-25-54(50)61(52-23-11-7-19-48(52)49-20-8-12-24-53(49)61)55(59)39-57-60(58)51-22-10-14-26-56(51)63-57/h1-39H. The lowest BCUT2D eigenvalue weighted by Gasteiger charge is -2.30. The highest BCUT2D eigenvalue weighted by Gasteiger charge is 2.52. The second-order valence-corrected chi connectivity index (χ2v) is 16.7. The minimum absolute atomic E-state index is 0.490. The molecule has 0 unspecified atom stereocenters. The molecule has 13 rings (SSSR count). The van der Waals surface area contributed by atoms with Crippen LogP contribution in [-0.4, -0.2) is 0 Å². The van der Waals surface area contributed by atoms with E-state index >= 15 is 0 Å². The van der Waals surface area contributed by atoms with Crippen molar-refractivity contribution < 1.29 is 4.42 Å². The Balaban J connectivity index is 1.02. The highest BCUT2D eigenvalue weighted by Crippen LogP contribution is 2.65. The van der Waals surface area contributed by atoms with Gasteiger partial charge in [-0.3, -0.25) is 0 Å². The third-order valence-electron chi connectivity index (χ3n) is 13.5. The first-order chi connectivity index (χ1) is 31.3. The summed E-state index contributed by atoms with van der Waals surface area (Å²) < 4.78 is 6.87. The molecular weight excluding hydrogens is 763 g/mol. The number of hydrogen-bond donors (Lipinski definition) is 0. The van der Waals surface area contributed by atoms with Gasteiger partial charge in [0.2, 0.25) is 0 Å². The molecule has 10 aromatic carbocycles. The van der Waals surface area contributed by atoms with Gasteiger partial charge < -0.3 is 9.32 Å². The summed E-state index contributed by atoms with van der Waals surface area (Å²) in [5.74, 6) is 0. The maximum atomic E-state index is 6.87. The molecule has 2 aliphatic carbocycles. The largest absolute Gasteiger partial charge is 0.456 e. The summed E-state index contributed by atoms with van der Waals surface area (Å²) in [6.45, 7) is 0. The quantitative estimate of drug-likeness (QED) is 0.167. The first-order valence-electron chi connectivity index (χ1n) is 21.8. The van der Waals surface area contributed by atoms with E-state index < -0.39 is 5.41 Å². The van der Waals surface area contributed by atoms with Crippen LogP contribution in [0.3, 0.4) is 0 Å². The van der Waals surface area contributed by atoms with Crippen molar-refractivity contribution in [1.29, 1.82) is 0 Å². The fourth-order valence-electron chi connectivity index (χ4n) is 10.8. The molecule has 11 aromatic rings. The van der Waals surface area contributed by atoms with E-state index in [-0.39, 0.29) is 0 Å². The van der Waals surface area contributed by atoms with Gasteiger partial charge in [0.1, 0.15) is 11.2 Å². The van der Waals surface area contributed by atoms with Crippen molar-refractivity contribution in [2.75, 3.05) is 4.90 Å². The number of para-hydroxylation sites is 1. The highest BCUT2D eigenvalue weighted by molar-refractivity contribution is 6.18. The minimum atomic E-state index is -0.490. The average molecular weight is 802 g/mol. The highest BCUT2D eigenvalue weighted by atomic mass is 16.3. The fraction of sp³-hybridized carbons (Fsp3) is 0.0164. The smallest absolute Gasteiger partial charge is 0.136 e. The molecule has 1 spiro atoms. The van der Waals surface area contributed by atoms with Crippen LogP contribution in [0, 0.1) is 0 Å². The van der Waals surface area contributed by atoms with Gasteiger partial charge in [-0.05, 0) is 121 Å². The molecule has 1 heterocycles. The molecule has 0 atom stereocenters. The summed E-state index contributed by atoms with van der Waals surface area (Å²) >= 11 is 0. The number of rotatable bonds is 6. The summed E-state index contributed by atoms with van der Waals surface area (Å²) in [6.07, 6.45) is 0. The average Bonchev–Trinajstić information content (AvgIpc) is 3.99. The van der Waals surface area contributed by atoms with Gasteiger partial charge in [-0.1, -0.05) is 188 Å². The van der Waals surface area contributed by atoms with Crippen LogP contribution in [-0.2, 0) is 5.41 Å². The van der Waals surface area contributed by atoms with E-state index in [1.807, 2.05) is 0 Å². The van der Waals surface area contributed by atoms with E-state index in [9.17, 15) is 0 Å². The van der Waals surface area contributed by atoms with Crippen molar-refractivity contribution in [2.24, 2.45) is 0 Å². The molecule has 2 heteroatoms. The molecule has 0 radical (unpaired) electrons. The summed E-state index contributed by atoms with van der Waals surface area (Å²) in [7, 11) is 0. The first kappa shape index (κ1) is 35.5. The Morgan fingerprint density at radius 2 is 0.714 bits per heavy atom. The van der Waals surface area contributed by atoms with Crippen molar-refractivity contribution in [1.82, 2.24) is 0 Å². The van der Waals surface area contributed by atoms with Gasteiger partial charge in [-0.15, -0.1) is 0 Å². The monoisotopic (exact) mass is 801 g/mol. The van der Waals surface area contributed by atoms with E-state index in [2.05, 4.69) is 241 Å². The maximum absolute atomic E-state index is 6.87. The zero-order valence-corrected chi connectivity index (χ0v) is 34.4. The third-order valence-corrected chi connectivity index (χ3v) is 13.5. The Morgan fingerprint density at radius 3 is 1.25 bits per heavy atom. The van der Waals surface area contributed by atoms with Crippen LogP contribution in [0.25, 0.3) is 77.6 Å². The lowest BCUT2D eigenvalue weighted by Crippen LogP contribution is -2.25. The van der Waals surface area contributed by atoms with Crippen LogP contribution in [0.1, 0.15) is 22.3 Å². The molecule has 0 fully saturated rings. The third kappa shape index (κ3) is 5.25. The fourth-order valence-corrected chi connectivity index (χ4v) is 10.8. The number of benzene rings is 10. The van der Waals surface area contributed by atoms with Crippen molar-refractivity contribution in [3.63, 3.8) is 0 Å². The molecule has 0 bridgehead atoms. The first-order valence-corrected chi connectivity index (χ1v) is 21.8. The topological polar surface area (TPSA) is 16.4 Å². The van der Waals surface area contributed by atoms with Crippen LogP contribution in [0.4, 0.5) is 17.1 Å². The lowest BCUT2D eigenvalue weighted by atomic mass is 9.70. The van der Waals surface area contributed by atoms with Gasteiger partial charge in [-0.2, -0.15) is 0 Å². The molecule has 0 aliphatic heterocycles. The summed E-state index contributed by atoms with van der Waals surface area (Å²) in [5.41, 5.74) is 22.1. The molecule has 0 amide bonds. The van der Waals surface area contributed by atoms with Crippen LogP contribution in [0.2, 0.25) is 0 Å². The van der Waals surface area contributed by atoms with E-state index in [1.54, 1.807) is 0 Å². The van der Waals surface area contributed by atoms with Crippen molar-refractivity contribution in [3.05, 3.63) is 259 Å². The molecule has 63 heavy (non-hydrogen) atoms. The second kappa shape index (κ2) is 13.9. The van der Waals surface area contributed by atoms with E-state index in [0.29, 0.717) is 0 Å². The van der Waals surface area contributed by atoms with Gasteiger partial charge in [0.25, 0.3) is 0 Å². The number of fused-ring (bicyclic) bond motifs is 13. The summed E-state index contributed by atoms with van der Waals surface area (Å²) in [4.78, 5) is 2.36. The van der Waals surface area contributed by atoms with Gasteiger partial charge in [0.05, 0.1) is 5.41 Å². The molecule has 1 aromatic heterocycles. The molecule has 0 saturated heterocycles. The lowest BCUT2D eigenvalue weighted by molar-refractivity contribution is 0.666. The minimum Gasteiger partial charge on any atom is -0.456 e. The van der Waals surface area contributed by atoms with Crippen LogP contribution >= 0.6 is 0 Å². The Hall–Kier alpha value is -8.20. The number of hydrogen-bond acceptors (Lipinski definition) is 2. The molecular formula is C61H39NO. The van der Waals surface area contributed by atoms with E-state index in [4.69, 9.17) is 4.42 Å². The summed E-state index contributed by atoms with van der Waals surface area (Å²) in [6, 6.07) is 86.2. The predicted octanol–water partition coefficient (Wildman–Crippen LogP) is 16.4. The summed E-state index contributed by atoms with van der Waals surface area (Å²) in [5, 5.41) is 2.27. The Kier molecular flexibility index (Phi) is 7.85. The molecule has 2 aliphatic rings. The van der Waals surface area contributed by atoms with Gasteiger partial charge in [-0.25, -0.2) is 0 Å². The van der Waals surface area contributed by atoms with Gasteiger partial charge in [0.15, 0.2) is 0 Å². The van der Waals surface area contributed by atoms with Crippen molar-refractivity contribution in [2.45, 2.75) is 5.41 Å². The van der Waals surface area contributed by atoms with Crippen LogP contribution < -0.4 is 4.90 Å². The SMILES string of the molecule is c1ccc(-c2ccc(N(c3ccc(-c4ccccc4)cc3)c3ccc(-c4c5c(cc6oc7ccccc7c46)C4(c6ccccc6-c6ccccc64)c4ccccc4-5)cc3)cc2)cc1. The maximum Gasteiger partial charge on any atom is 0.136 e. The van der Waals surface area contributed by atoms with Crippen molar-refractivity contribution >= 4 is 39.0 Å². The van der Waals surface area contributed by atoms with Gasteiger partial charge in [0, 0.05) is 33.4 Å². The molecule has 0 N–H and O–H groups in total. The normalized spacial score (nSPS) is 12.9. The van der Waals surface area contributed by atoms with Crippen LogP contribution in [0.15, 0.2) is 241 Å². The second-order valence-electron chi connectivity index (χ2n) is 16.7. The molecule has 2 nitrogen and oxygen atoms in total. The Bertz CT molecular complexity index is 3400. The zero-order valence-electron chi connectivity index (χ0n) is 34.4. The zero-order chi connectivity index (χ0) is 41.5. The Labute approximate surface area is 366 Å². The molecule has 0 saturated carbocycles. The number of nitrogens with zero attached hydrogens (tertiary/aromatic N) is 1. The van der Waals surface area contributed by atoms with Crippen LogP contribution in [0.5, 0.6) is 0 Å². The van der Waals surface area contributed by atoms with E-state index in [0.717, 1.165) is 44.6 Å². The molecule has 294 valence electrons. The number of anilines is 3. The number of furan rings is 1. The van der Waals surface area contributed by atoms with Gasteiger partial charge >= 0.3 is 0 Å². The Morgan fingerprint density at radius 1 is 0.302 bits per heavy atom. The van der Waals surface area contributed by atoms with E-state index in [1.165, 1.54) is 72.3 Å². The van der Waals surface area contributed by atoms with Crippen molar-refractivity contribution in [3.8, 4) is 55.6 Å². The predicted molar refractivity (Wildman–Crippen MR) is 261 cm³/mol.